The zero-order chi connectivity index (χ0) is 14.3. The summed E-state index contributed by atoms with van der Waals surface area (Å²) >= 11 is 3.46. The van der Waals surface area contributed by atoms with Crippen LogP contribution in [0.5, 0.6) is 0 Å². The second-order valence-corrected chi connectivity index (χ2v) is 6.92. The molecule has 2 fully saturated rings. The lowest BCUT2D eigenvalue weighted by Gasteiger charge is -2.35. The summed E-state index contributed by atoms with van der Waals surface area (Å²) in [5, 5.41) is 3.63. The number of hydrogen-bond donors (Lipinski definition) is 1. The molecular weight excluding hydrogens is 318 g/mol. The van der Waals surface area contributed by atoms with Crippen molar-refractivity contribution in [2.45, 2.75) is 57.3 Å². The maximum absolute atomic E-state index is 12.7. The number of aromatic nitrogens is 1. The van der Waals surface area contributed by atoms with Crippen LogP contribution in [0.4, 0.5) is 0 Å². The molecule has 2 bridgehead atoms. The zero-order valence-electron chi connectivity index (χ0n) is 12.1. The van der Waals surface area contributed by atoms with Gasteiger partial charge in [-0.2, -0.15) is 0 Å². The van der Waals surface area contributed by atoms with Crippen molar-refractivity contribution in [1.29, 1.82) is 0 Å². The monoisotopic (exact) mass is 339 g/mol. The second-order valence-electron chi connectivity index (χ2n) is 6.01. The van der Waals surface area contributed by atoms with E-state index in [0.29, 0.717) is 18.1 Å². The third-order valence-corrected chi connectivity index (χ3v) is 5.17. The highest BCUT2D eigenvalue weighted by Crippen LogP contribution is 2.30. The van der Waals surface area contributed by atoms with Gasteiger partial charge in [-0.1, -0.05) is 0 Å². The first-order valence-electron chi connectivity index (χ1n) is 7.47. The van der Waals surface area contributed by atoms with Gasteiger partial charge in [0.05, 0.1) is 0 Å². The predicted molar refractivity (Wildman–Crippen MR) is 82.9 cm³/mol. The summed E-state index contributed by atoms with van der Waals surface area (Å²) in [5.74, 6) is 0.142. The first-order chi connectivity index (χ1) is 9.58. The van der Waals surface area contributed by atoms with E-state index in [0.717, 1.165) is 29.6 Å². The highest BCUT2D eigenvalue weighted by atomic mass is 79.9. The van der Waals surface area contributed by atoms with E-state index in [1.165, 1.54) is 12.8 Å². The van der Waals surface area contributed by atoms with Gasteiger partial charge in [-0.25, -0.2) is 0 Å². The van der Waals surface area contributed by atoms with Gasteiger partial charge in [0.2, 0.25) is 0 Å². The standard InChI is InChI=1S/C15H22BrN3O/c1-3-19-9-10(16)6-14(19)15(20)18(2)13-7-11-4-5-12(8-13)17-11/h6,9,11-13,17H,3-5,7-8H2,1-2H3. The molecule has 5 heteroatoms. The van der Waals surface area contributed by atoms with E-state index in [4.69, 9.17) is 0 Å². The fourth-order valence-electron chi connectivity index (χ4n) is 3.61. The molecule has 2 aliphatic rings. The van der Waals surface area contributed by atoms with Crippen LogP contribution in [0.3, 0.4) is 0 Å². The number of rotatable bonds is 3. The fourth-order valence-corrected chi connectivity index (χ4v) is 4.07. The molecule has 20 heavy (non-hydrogen) atoms. The molecule has 0 spiro atoms. The summed E-state index contributed by atoms with van der Waals surface area (Å²) in [6, 6.07) is 3.52. The molecule has 110 valence electrons. The second kappa shape index (κ2) is 5.53. The molecule has 3 rings (SSSR count). The lowest BCUT2D eigenvalue weighted by Crippen LogP contribution is -2.49. The highest BCUT2D eigenvalue weighted by molar-refractivity contribution is 9.10. The van der Waals surface area contributed by atoms with Crippen LogP contribution in [-0.2, 0) is 6.54 Å². The minimum Gasteiger partial charge on any atom is -0.343 e. The Labute approximate surface area is 128 Å². The molecule has 2 unspecified atom stereocenters. The molecule has 2 saturated heterocycles. The number of nitrogens with zero attached hydrogens (tertiary/aromatic N) is 2. The maximum Gasteiger partial charge on any atom is 0.270 e. The first kappa shape index (κ1) is 14.1. The van der Waals surface area contributed by atoms with E-state index in [1.54, 1.807) is 0 Å². The Morgan fingerprint density at radius 3 is 2.70 bits per heavy atom. The summed E-state index contributed by atoms with van der Waals surface area (Å²) < 4.78 is 2.99. The van der Waals surface area contributed by atoms with Crippen molar-refractivity contribution in [3.8, 4) is 0 Å². The van der Waals surface area contributed by atoms with Crippen LogP contribution in [0, 0.1) is 0 Å². The summed E-state index contributed by atoms with van der Waals surface area (Å²) in [6.07, 6.45) is 6.69. The Balaban J connectivity index is 1.76. The van der Waals surface area contributed by atoms with Gasteiger partial charge in [0.1, 0.15) is 5.69 Å². The quantitative estimate of drug-likeness (QED) is 0.919. The Bertz CT molecular complexity index is 501. The van der Waals surface area contributed by atoms with E-state index in [1.807, 2.05) is 28.8 Å². The number of amides is 1. The van der Waals surface area contributed by atoms with Crippen LogP contribution in [0.25, 0.3) is 0 Å². The summed E-state index contributed by atoms with van der Waals surface area (Å²) in [7, 11) is 1.96. The smallest absolute Gasteiger partial charge is 0.270 e. The van der Waals surface area contributed by atoms with Crippen molar-refractivity contribution in [3.05, 3.63) is 22.4 Å². The van der Waals surface area contributed by atoms with Crippen LogP contribution >= 0.6 is 15.9 Å². The summed E-state index contributed by atoms with van der Waals surface area (Å²) in [4.78, 5) is 14.7. The Hall–Kier alpha value is -0.810. The van der Waals surface area contributed by atoms with Crippen molar-refractivity contribution in [1.82, 2.24) is 14.8 Å². The van der Waals surface area contributed by atoms with E-state index >= 15 is 0 Å². The van der Waals surface area contributed by atoms with Gasteiger partial charge in [-0.3, -0.25) is 4.79 Å². The van der Waals surface area contributed by atoms with Gasteiger partial charge in [0, 0.05) is 42.4 Å². The van der Waals surface area contributed by atoms with E-state index < -0.39 is 0 Å². The van der Waals surface area contributed by atoms with E-state index in [2.05, 4.69) is 28.2 Å². The van der Waals surface area contributed by atoms with Crippen molar-refractivity contribution in [2.24, 2.45) is 0 Å². The topological polar surface area (TPSA) is 37.3 Å². The predicted octanol–water partition coefficient (Wildman–Crippen LogP) is 2.63. The van der Waals surface area contributed by atoms with Crippen LogP contribution in [0.2, 0.25) is 0 Å². The van der Waals surface area contributed by atoms with Gasteiger partial charge in [-0.05, 0) is 54.6 Å². The number of nitrogens with one attached hydrogen (secondary N) is 1. The number of aryl methyl sites for hydroxylation is 1. The normalized spacial score (nSPS) is 28.6. The number of piperidine rings is 1. The Kier molecular flexibility index (Phi) is 3.91. The van der Waals surface area contributed by atoms with Gasteiger partial charge in [-0.15, -0.1) is 0 Å². The number of carbonyl (C=O) groups is 1. The molecule has 1 aromatic heterocycles. The number of halogens is 1. The highest BCUT2D eigenvalue weighted by Gasteiger charge is 2.36. The minimum atomic E-state index is 0.142. The minimum absolute atomic E-state index is 0.142. The number of hydrogen-bond acceptors (Lipinski definition) is 2. The average Bonchev–Trinajstić information content (AvgIpc) is 2.99. The molecule has 0 saturated carbocycles. The molecule has 2 atom stereocenters. The van der Waals surface area contributed by atoms with Crippen molar-refractivity contribution >= 4 is 21.8 Å². The number of fused-ring (bicyclic) bond motifs is 2. The van der Waals surface area contributed by atoms with E-state index in [-0.39, 0.29) is 5.91 Å². The Morgan fingerprint density at radius 2 is 2.10 bits per heavy atom. The third kappa shape index (κ3) is 2.53. The summed E-state index contributed by atoms with van der Waals surface area (Å²) in [6.45, 7) is 2.88. The van der Waals surface area contributed by atoms with Crippen molar-refractivity contribution < 1.29 is 4.79 Å². The molecule has 0 aromatic carbocycles. The molecule has 0 radical (unpaired) electrons. The maximum atomic E-state index is 12.7. The molecule has 1 aromatic rings. The van der Waals surface area contributed by atoms with Gasteiger partial charge < -0.3 is 14.8 Å². The average molecular weight is 340 g/mol. The largest absolute Gasteiger partial charge is 0.343 e. The van der Waals surface area contributed by atoms with Crippen molar-refractivity contribution in [2.75, 3.05) is 7.05 Å². The van der Waals surface area contributed by atoms with Crippen LogP contribution in [-0.4, -0.2) is 40.5 Å². The molecular formula is C15H22BrN3O. The lowest BCUT2D eigenvalue weighted by atomic mass is 9.98. The third-order valence-electron chi connectivity index (χ3n) is 4.74. The van der Waals surface area contributed by atoms with Crippen LogP contribution in [0.15, 0.2) is 16.7 Å². The summed E-state index contributed by atoms with van der Waals surface area (Å²) in [5.41, 5.74) is 0.785. The fraction of sp³-hybridized carbons (Fsp3) is 0.667. The molecule has 3 heterocycles. The molecule has 4 nitrogen and oxygen atoms in total. The zero-order valence-corrected chi connectivity index (χ0v) is 13.7. The molecule has 2 aliphatic heterocycles. The Morgan fingerprint density at radius 1 is 1.45 bits per heavy atom. The lowest BCUT2D eigenvalue weighted by molar-refractivity contribution is 0.0671. The SMILES string of the molecule is CCn1cc(Br)cc1C(=O)N(C)C1CC2CCC(C1)N2. The number of carbonyl (C=O) groups excluding carboxylic acids is 1. The first-order valence-corrected chi connectivity index (χ1v) is 8.26. The molecule has 0 aliphatic carbocycles. The van der Waals surface area contributed by atoms with Crippen LogP contribution < -0.4 is 5.32 Å². The van der Waals surface area contributed by atoms with Crippen molar-refractivity contribution in [3.63, 3.8) is 0 Å². The molecule has 1 amide bonds. The van der Waals surface area contributed by atoms with Gasteiger partial charge in [0.25, 0.3) is 5.91 Å². The molecule has 1 N–H and O–H groups in total. The van der Waals surface area contributed by atoms with Gasteiger partial charge >= 0.3 is 0 Å². The van der Waals surface area contributed by atoms with Gasteiger partial charge in [0.15, 0.2) is 0 Å². The van der Waals surface area contributed by atoms with E-state index in [9.17, 15) is 4.79 Å². The van der Waals surface area contributed by atoms with Crippen LogP contribution in [0.1, 0.15) is 43.1 Å².